The lowest BCUT2D eigenvalue weighted by Crippen LogP contribution is -2.48. The number of hydrogen-bond donors (Lipinski definition) is 0. The second-order valence-corrected chi connectivity index (χ2v) is 5.71. The van der Waals surface area contributed by atoms with Crippen molar-refractivity contribution >= 4 is 11.6 Å². The third-order valence-corrected chi connectivity index (χ3v) is 4.13. The van der Waals surface area contributed by atoms with Gasteiger partial charge in [0, 0.05) is 44.1 Å². The highest BCUT2D eigenvalue weighted by Gasteiger charge is 2.22. The van der Waals surface area contributed by atoms with E-state index in [4.69, 9.17) is 4.74 Å². The van der Waals surface area contributed by atoms with Crippen molar-refractivity contribution in [2.75, 3.05) is 38.2 Å². The highest BCUT2D eigenvalue weighted by Crippen LogP contribution is 2.19. The molecule has 1 amide bonds. The molecule has 5 nitrogen and oxygen atoms in total. The van der Waals surface area contributed by atoms with Gasteiger partial charge in [0.25, 0.3) is 5.91 Å². The summed E-state index contributed by atoms with van der Waals surface area (Å²) in [5.41, 5.74) is 3.09. The summed E-state index contributed by atoms with van der Waals surface area (Å²) in [6.07, 6.45) is 1.58. The molecule has 2 heterocycles. The van der Waals surface area contributed by atoms with Crippen LogP contribution in [0.4, 0.5) is 5.69 Å². The van der Waals surface area contributed by atoms with Gasteiger partial charge in [0.15, 0.2) is 0 Å². The molecule has 2 aromatic rings. The molecule has 120 valence electrons. The Morgan fingerprint density at radius 1 is 1.13 bits per heavy atom. The van der Waals surface area contributed by atoms with E-state index in [1.54, 1.807) is 25.4 Å². The molecule has 0 unspecified atom stereocenters. The lowest BCUT2D eigenvalue weighted by atomic mass is 10.1. The molecule has 0 aliphatic carbocycles. The normalized spacial score (nSPS) is 14.7. The van der Waals surface area contributed by atoms with Gasteiger partial charge in [-0.2, -0.15) is 0 Å². The number of anilines is 1. The van der Waals surface area contributed by atoms with E-state index in [1.807, 2.05) is 4.90 Å². The number of rotatable bonds is 3. The predicted molar refractivity (Wildman–Crippen MR) is 90.1 cm³/mol. The number of ether oxygens (including phenoxy) is 1. The highest BCUT2D eigenvalue weighted by molar-refractivity contribution is 5.94. The minimum absolute atomic E-state index is 0.0315. The number of piperazine rings is 1. The predicted octanol–water partition coefficient (Wildman–Crippen LogP) is 2.36. The van der Waals surface area contributed by atoms with Gasteiger partial charge >= 0.3 is 0 Å². The van der Waals surface area contributed by atoms with E-state index in [0.29, 0.717) is 11.4 Å². The molecule has 0 atom stereocenters. The quantitative estimate of drug-likeness (QED) is 0.873. The number of amides is 1. The molecule has 23 heavy (non-hydrogen) atoms. The average Bonchev–Trinajstić information content (AvgIpc) is 2.61. The van der Waals surface area contributed by atoms with Crippen molar-refractivity contribution in [1.29, 1.82) is 0 Å². The first-order valence-corrected chi connectivity index (χ1v) is 7.78. The number of carbonyl (C=O) groups excluding carboxylic acids is 1. The zero-order valence-corrected chi connectivity index (χ0v) is 13.5. The van der Waals surface area contributed by atoms with Gasteiger partial charge < -0.3 is 14.5 Å². The number of hydrogen-bond acceptors (Lipinski definition) is 4. The number of pyridine rings is 1. The molecule has 0 N–H and O–H groups in total. The number of carbonyl (C=O) groups is 1. The summed E-state index contributed by atoms with van der Waals surface area (Å²) in [7, 11) is 1.56. The summed E-state index contributed by atoms with van der Waals surface area (Å²) in [4.78, 5) is 20.8. The third-order valence-electron chi connectivity index (χ3n) is 4.13. The van der Waals surface area contributed by atoms with Crippen LogP contribution in [0.5, 0.6) is 5.88 Å². The smallest absolute Gasteiger partial charge is 0.255 e. The van der Waals surface area contributed by atoms with E-state index < -0.39 is 0 Å². The summed E-state index contributed by atoms with van der Waals surface area (Å²) in [5, 5.41) is 0. The summed E-state index contributed by atoms with van der Waals surface area (Å²) < 4.78 is 5.02. The van der Waals surface area contributed by atoms with Crippen LogP contribution in [0.1, 0.15) is 15.9 Å². The Morgan fingerprint density at radius 3 is 2.52 bits per heavy atom. The number of aromatic nitrogens is 1. The molecule has 0 radical (unpaired) electrons. The highest BCUT2D eigenvalue weighted by atomic mass is 16.5. The minimum Gasteiger partial charge on any atom is -0.481 e. The van der Waals surface area contributed by atoms with Crippen LogP contribution < -0.4 is 9.64 Å². The Morgan fingerprint density at radius 2 is 1.91 bits per heavy atom. The van der Waals surface area contributed by atoms with Gasteiger partial charge in [-0.25, -0.2) is 4.98 Å². The second kappa shape index (κ2) is 6.69. The van der Waals surface area contributed by atoms with E-state index in [0.717, 1.165) is 26.2 Å². The van der Waals surface area contributed by atoms with Crippen molar-refractivity contribution in [3.05, 3.63) is 53.7 Å². The third kappa shape index (κ3) is 3.44. The summed E-state index contributed by atoms with van der Waals surface area (Å²) in [6.45, 7) is 5.23. The van der Waals surface area contributed by atoms with Crippen LogP contribution in [0.25, 0.3) is 0 Å². The Labute approximate surface area is 136 Å². The molecular formula is C18H21N3O2. The Bertz CT molecular complexity index is 677. The minimum atomic E-state index is 0.0315. The lowest BCUT2D eigenvalue weighted by Gasteiger charge is -2.36. The first kappa shape index (κ1) is 15.3. The molecule has 5 heteroatoms. The van der Waals surface area contributed by atoms with E-state index in [2.05, 4.69) is 41.1 Å². The molecule has 1 aliphatic heterocycles. The van der Waals surface area contributed by atoms with E-state index in [1.165, 1.54) is 11.3 Å². The number of nitrogens with zero attached hydrogens (tertiary/aromatic N) is 3. The molecule has 0 spiro atoms. The zero-order valence-electron chi connectivity index (χ0n) is 13.5. The number of methoxy groups -OCH3 is 1. The first-order chi connectivity index (χ1) is 11.2. The van der Waals surface area contributed by atoms with Gasteiger partial charge in [-0.15, -0.1) is 0 Å². The van der Waals surface area contributed by atoms with E-state index >= 15 is 0 Å². The van der Waals surface area contributed by atoms with Crippen LogP contribution in [0.15, 0.2) is 42.6 Å². The van der Waals surface area contributed by atoms with Crippen molar-refractivity contribution in [2.24, 2.45) is 0 Å². The van der Waals surface area contributed by atoms with Crippen molar-refractivity contribution in [3.63, 3.8) is 0 Å². The average molecular weight is 311 g/mol. The number of aryl methyl sites for hydroxylation is 1. The molecule has 1 aromatic heterocycles. The van der Waals surface area contributed by atoms with Crippen molar-refractivity contribution in [3.8, 4) is 5.88 Å². The van der Waals surface area contributed by atoms with Crippen LogP contribution in [0.2, 0.25) is 0 Å². The van der Waals surface area contributed by atoms with Crippen molar-refractivity contribution in [2.45, 2.75) is 6.92 Å². The molecule has 3 rings (SSSR count). The topological polar surface area (TPSA) is 45.7 Å². The number of benzene rings is 1. The molecule has 1 saturated heterocycles. The van der Waals surface area contributed by atoms with Gasteiger partial charge in [0.05, 0.1) is 12.7 Å². The largest absolute Gasteiger partial charge is 0.481 e. The second-order valence-electron chi connectivity index (χ2n) is 5.71. The van der Waals surface area contributed by atoms with Gasteiger partial charge in [-0.05, 0) is 30.7 Å². The van der Waals surface area contributed by atoms with Crippen LogP contribution in [0.3, 0.4) is 0 Å². The molecule has 1 aliphatic rings. The zero-order chi connectivity index (χ0) is 16.2. The molecule has 0 saturated carbocycles. The standard InChI is InChI=1S/C18H21N3O2/c1-14-4-3-5-16(12-14)20-8-10-21(11-9-20)18(22)15-6-7-17(23-2)19-13-15/h3-7,12-13H,8-11H2,1-2H3. The van der Waals surface area contributed by atoms with E-state index in [9.17, 15) is 4.79 Å². The lowest BCUT2D eigenvalue weighted by molar-refractivity contribution is 0.0746. The Kier molecular flexibility index (Phi) is 4.46. The van der Waals surface area contributed by atoms with Crippen LogP contribution in [-0.2, 0) is 0 Å². The maximum atomic E-state index is 12.5. The van der Waals surface area contributed by atoms with Crippen LogP contribution >= 0.6 is 0 Å². The van der Waals surface area contributed by atoms with Crippen molar-refractivity contribution in [1.82, 2.24) is 9.88 Å². The fourth-order valence-electron chi connectivity index (χ4n) is 2.80. The van der Waals surface area contributed by atoms with Gasteiger partial charge in [0.2, 0.25) is 5.88 Å². The molecule has 1 fully saturated rings. The van der Waals surface area contributed by atoms with Gasteiger partial charge in [-0.1, -0.05) is 12.1 Å². The molecular weight excluding hydrogens is 290 g/mol. The summed E-state index contributed by atoms with van der Waals surface area (Å²) in [5.74, 6) is 0.551. The van der Waals surface area contributed by atoms with Crippen LogP contribution in [-0.4, -0.2) is 49.1 Å². The van der Waals surface area contributed by atoms with E-state index in [-0.39, 0.29) is 5.91 Å². The molecule has 0 bridgehead atoms. The Hall–Kier alpha value is -2.56. The Balaban J connectivity index is 1.62. The first-order valence-electron chi connectivity index (χ1n) is 7.78. The van der Waals surface area contributed by atoms with Crippen LogP contribution in [0, 0.1) is 6.92 Å². The monoisotopic (exact) mass is 311 g/mol. The molecule has 1 aromatic carbocycles. The maximum absolute atomic E-state index is 12.5. The SMILES string of the molecule is COc1ccc(C(=O)N2CCN(c3cccc(C)c3)CC2)cn1. The fourth-order valence-corrected chi connectivity index (χ4v) is 2.80. The van der Waals surface area contributed by atoms with Crippen molar-refractivity contribution < 1.29 is 9.53 Å². The maximum Gasteiger partial charge on any atom is 0.255 e. The summed E-state index contributed by atoms with van der Waals surface area (Å²) >= 11 is 0. The van der Waals surface area contributed by atoms with Gasteiger partial charge in [0.1, 0.15) is 0 Å². The fraction of sp³-hybridized carbons (Fsp3) is 0.333. The van der Waals surface area contributed by atoms with Gasteiger partial charge in [-0.3, -0.25) is 4.79 Å². The summed E-state index contributed by atoms with van der Waals surface area (Å²) in [6, 6.07) is 12.0.